The lowest BCUT2D eigenvalue weighted by atomic mass is 10.0. The molecule has 0 N–H and O–H groups in total. The number of halogens is 3. The molecule has 0 amide bonds. The van der Waals surface area contributed by atoms with Gasteiger partial charge < -0.3 is 0 Å². The third-order valence-corrected chi connectivity index (χ3v) is 3.81. The molecule has 0 heterocycles. The molecule has 3 heteroatoms. The van der Waals surface area contributed by atoms with Gasteiger partial charge in [-0.3, -0.25) is 0 Å². The van der Waals surface area contributed by atoms with Crippen LogP contribution in [0.1, 0.15) is 17.5 Å². The van der Waals surface area contributed by atoms with Crippen molar-refractivity contribution in [1.29, 1.82) is 0 Å². The summed E-state index contributed by atoms with van der Waals surface area (Å²) in [6, 6.07) is 14.3. The number of hydrogen-bond donors (Lipinski definition) is 0. The molecule has 1 atom stereocenters. The zero-order chi connectivity index (χ0) is 13.7. The summed E-state index contributed by atoms with van der Waals surface area (Å²) in [6.45, 7) is 0. The molecule has 0 aliphatic rings. The summed E-state index contributed by atoms with van der Waals surface area (Å²) in [5.74, 6) is -1.57. The first-order valence-corrected chi connectivity index (χ1v) is 7.18. The Hall–Kier alpha value is -1.22. The third kappa shape index (κ3) is 4.43. The molecule has 2 aromatic carbocycles. The maximum Gasteiger partial charge on any atom is 0.159 e. The third-order valence-electron chi connectivity index (χ3n) is 3.03. The Labute approximate surface area is 120 Å². The molecule has 0 bridgehead atoms. The van der Waals surface area contributed by atoms with Crippen LogP contribution in [0.3, 0.4) is 0 Å². The van der Waals surface area contributed by atoms with Crippen LogP contribution >= 0.6 is 15.9 Å². The van der Waals surface area contributed by atoms with Crippen molar-refractivity contribution >= 4 is 15.9 Å². The standard InChI is InChI=1S/C16H15BrF2/c17-14(8-6-12-4-2-1-3-5-12)10-13-7-9-15(18)16(19)11-13/h1-5,7,9,11,14H,6,8,10H2. The van der Waals surface area contributed by atoms with Gasteiger partial charge in [-0.05, 0) is 42.5 Å². The smallest absolute Gasteiger partial charge is 0.159 e. The number of alkyl halides is 1. The van der Waals surface area contributed by atoms with E-state index in [1.807, 2.05) is 18.2 Å². The van der Waals surface area contributed by atoms with Crippen LogP contribution in [0.5, 0.6) is 0 Å². The van der Waals surface area contributed by atoms with E-state index >= 15 is 0 Å². The van der Waals surface area contributed by atoms with Crippen LogP contribution in [0.25, 0.3) is 0 Å². The largest absolute Gasteiger partial charge is 0.204 e. The van der Waals surface area contributed by atoms with Crippen molar-refractivity contribution < 1.29 is 8.78 Å². The minimum atomic E-state index is -0.792. The van der Waals surface area contributed by atoms with Gasteiger partial charge in [0.1, 0.15) is 0 Å². The van der Waals surface area contributed by atoms with Crippen molar-refractivity contribution in [3.05, 3.63) is 71.3 Å². The molecule has 2 rings (SSSR count). The lowest BCUT2D eigenvalue weighted by Gasteiger charge is -2.10. The molecule has 0 radical (unpaired) electrons. The molecule has 19 heavy (non-hydrogen) atoms. The first-order chi connectivity index (χ1) is 9.15. The van der Waals surface area contributed by atoms with Gasteiger partial charge in [0.2, 0.25) is 0 Å². The van der Waals surface area contributed by atoms with E-state index < -0.39 is 11.6 Å². The molecule has 0 nitrogen and oxygen atoms in total. The van der Waals surface area contributed by atoms with Gasteiger partial charge in [-0.15, -0.1) is 0 Å². The van der Waals surface area contributed by atoms with Crippen LogP contribution in [0, 0.1) is 11.6 Å². The number of aryl methyl sites for hydroxylation is 1. The van der Waals surface area contributed by atoms with Gasteiger partial charge in [-0.2, -0.15) is 0 Å². The van der Waals surface area contributed by atoms with Crippen molar-refractivity contribution in [1.82, 2.24) is 0 Å². The maximum absolute atomic E-state index is 13.1. The van der Waals surface area contributed by atoms with E-state index in [0.29, 0.717) is 6.42 Å². The van der Waals surface area contributed by atoms with E-state index in [0.717, 1.165) is 18.4 Å². The summed E-state index contributed by atoms with van der Waals surface area (Å²) in [5.41, 5.74) is 2.10. The molecule has 0 aliphatic carbocycles. The van der Waals surface area contributed by atoms with Crippen molar-refractivity contribution in [2.45, 2.75) is 24.1 Å². The molecule has 0 aromatic heterocycles. The highest BCUT2D eigenvalue weighted by Crippen LogP contribution is 2.18. The monoisotopic (exact) mass is 324 g/mol. The van der Waals surface area contributed by atoms with Gasteiger partial charge in [0.25, 0.3) is 0 Å². The zero-order valence-corrected chi connectivity index (χ0v) is 12.0. The first kappa shape index (κ1) is 14.2. The average molecular weight is 325 g/mol. The average Bonchev–Trinajstić information content (AvgIpc) is 2.42. The Morgan fingerprint density at radius 3 is 2.32 bits per heavy atom. The Kier molecular flexibility index (Phi) is 5.08. The van der Waals surface area contributed by atoms with E-state index in [1.54, 1.807) is 6.07 Å². The van der Waals surface area contributed by atoms with Crippen molar-refractivity contribution in [3.8, 4) is 0 Å². The number of benzene rings is 2. The van der Waals surface area contributed by atoms with Gasteiger partial charge >= 0.3 is 0 Å². The first-order valence-electron chi connectivity index (χ1n) is 6.27. The fourth-order valence-corrected chi connectivity index (χ4v) is 2.60. The minimum absolute atomic E-state index is 0.262. The van der Waals surface area contributed by atoms with Crippen molar-refractivity contribution in [2.75, 3.05) is 0 Å². The van der Waals surface area contributed by atoms with E-state index in [2.05, 4.69) is 28.1 Å². The highest BCUT2D eigenvalue weighted by molar-refractivity contribution is 9.09. The molecular weight excluding hydrogens is 310 g/mol. The second-order valence-electron chi connectivity index (χ2n) is 4.57. The summed E-state index contributed by atoms with van der Waals surface area (Å²) < 4.78 is 25.9. The van der Waals surface area contributed by atoms with Gasteiger partial charge in [0.05, 0.1) is 0 Å². The molecule has 0 aliphatic heterocycles. The quantitative estimate of drug-likeness (QED) is 0.686. The summed E-state index contributed by atoms with van der Waals surface area (Å²) in [4.78, 5) is 0.262. The van der Waals surface area contributed by atoms with Crippen molar-refractivity contribution in [3.63, 3.8) is 0 Å². The Morgan fingerprint density at radius 2 is 1.63 bits per heavy atom. The summed E-state index contributed by atoms with van der Waals surface area (Å²) in [6.07, 6.45) is 2.63. The second-order valence-corrected chi connectivity index (χ2v) is 5.87. The molecule has 0 fully saturated rings. The highest BCUT2D eigenvalue weighted by Gasteiger charge is 2.08. The normalized spacial score (nSPS) is 12.4. The summed E-state index contributed by atoms with van der Waals surface area (Å²) in [7, 11) is 0. The lowest BCUT2D eigenvalue weighted by Crippen LogP contribution is -2.05. The van der Waals surface area contributed by atoms with Crippen LogP contribution in [-0.4, -0.2) is 4.83 Å². The van der Waals surface area contributed by atoms with Gasteiger partial charge in [-0.25, -0.2) is 8.78 Å². The van der Waals surface area contributed by atoms with Crippen LogP contribution in [-0.2, 0) is 12.8 Å². The SMILES string of the molecule is Fc1ccc(CC(Br)CCc2ccccc2)cc1F. The fourth-order valence-electron chi connectivity index (χ4n) is 1.99. The number of rotatable bonds is 5. The highest BCUT2D eigenvalue weighted by atomic mass is 79.9. The lowest BCUT2D eigenvalue weighted by molar-refractivity contribution is 0.507. The van der Waals surface area contributed by atoms with E-state index in [4.69, 9.17) is 0 Å². The predicted molar refractivity (Wildman–Crippen MR) is 77.5 cm³/mol. The predicted octanol–water partition coefficient (Wildman–Crippen LogP) is 4.90. The van der Waals surface area contributed by atoms with E-state index in [-0.39, 0.29) is 4.83 Å². The molecular formula is C16H15BrF2. The molecule has 0 saturated heterocycles. The fraction of sp³-hybridized carbons (Fsp3) is 0.250. The van der Waals surface area contributed by atoms with Gasteiger partial charge in [0, 0.05) is 4.83 Å². The van der Waals surface area contributed by atoms with Crippen LogP contribution in [0.15, 0.2) is 48.5 Å². The molecule has 1 unspecified atom stereocenters. The summed E-state index contributed by atoms with van der Waals surface area (Å²) in [5, 5.41) is 0. The molecule has 100 valence electrons. The van der Waals surface area contributed by atoms with Gasteiger partial charge in [0.15, 0.2) is 11.6 Å². The Bertz CT molecular complexity index is 526. The molecule has 2 aromatic rings. The topological polar surface area (TPSA) is 0 Å². The molecule has 0 spiro atoms. The minimum Gasteiger partial charge on any atom is -0.204 e. The Balaban J connectivity index is 1.87. The Morgan fingerprint density at radius 1 is 0.895 bits per heavy atom. The van der Waals surface area contributed by atoms with Crippen LogP contribution < -0.4 is 0 Å². The second kappa shape index (κ2) is 6.80. The summed E-state index contributed by atoms with van der Waals surface area (Å²) >= 11 is 3.60. The van der Waals surface area contributed by atoms with Crippen LogP contribution in [0.4, 0.5) is 8.78 Å². The zero-order valence-electron chi connectivity index (χ0n) is 10.5. The maximum atomic E-state index is 13.1. The van der Waals surface area contributed by atoms with Crippen LogP contribution in [0.2, 0.25) is 0 Å². The van der Waals surface area contributed by atoms with Gasteiger partial charge in [-0.1, -0.05) is 52.3 Å². The molecule has 0 saturated carbocycles. The number of hydrogen-bond acceptors (Lipinski definition) is 0. The van der Waals surface area contributed by atoms with Crippen molar-refractivity contribution in [2.24, 2.45) is 0 Å². The van der Waals surface area contributed by atoms with E-state index in [9.17, 15) is 8.78 Å². The van der Waals surface area contributed by atoms with E-state index in [1.165, 1.54) is 17.7 Å².